The highest BCUT2D eigenvalue weighted by Crippen LogP contribution is 2.25. The first-order valence-electron chi connectivity index (χ1n) is 3.69. The summed E-state index contributed by atoms with van der Waals surface area (Å²) in [7, 11) is 0. The molecule has 0 aliphatic heterocycles. The van der Waals surface area contributed by atoms with E-state index in [1.54, 1.807) is 0 Å². The Balaban J connectivity index is 3.56. The third-order valence-electron chi connectivity index (χ3n) is 1.98. The van der Waals surface area contributed by atoms with Crippen LogP contribution in [0.4, 0.5) is 13.2 Å². The molecule has 0 fully saturated rings. The fourth-order valence-electron chi connectivity index (χ4n) is 1.14. The molecule has 4 heteroatoms. The molecule has 0 aliphatic carbocycles. The van der Waals surface area contributed by atoms with Gasteiger partial charge < -0.3 is 0 Å². The standard InChI is InChI=1S/C9H8BrF3/c1-4-7(11)5(2)9(13)6(3-10)8(4)12/h3H2,1-2H3. The Morgan fingerprint density at radius 2 is 1.31 bits per heavy atom. The van der Waals surface area contributed by atoms with Crippen molar-refractivity contribution in [1.29, 1.82) is 0 Å². The van der Waals surface area contributed by atoms with Crippen molar-refractivity contribution in [1.82, 2.24) is 0 Å². The first-order chi connectivity index (χ1) is 6.00. The molecule has 1 aromatic rings. The van der Waals surface area contributed by atoms with Crippen LogP contribution in [0.25, 0.3) is 0 Å². The first-order valence-corrected chi connectivity index (χ1v) is 4.81. The number of alkyl halides is 1. The molecule has 0 spiro atoms. The summed E-state index contributed by atoms with van der Waals surface area (Å²) in [6, 6.07) is 0. The molecule has 1 rings (SSSR count). The topological polar surface area (TPSA) is 0 Å². The molecule has 0 atom stereocenters. The second-order valence-electron chi connectivity index (χ2n) is 2.80. The van der Waals surface area contributed by atoms with Gasteiger partial charge >= 0.3 is 0 Å². The maximum Gasteiger partial charge on any atom is 0.136 e. The molecule has 0 saturated carbocycles. The molecule has 0 radical (unpaired) electrons. The fourth-order valence-corrected chi connectivity index (χ4v) is 1.63. The SMILES string of the molecule is Cc1c(F)c(C)c(F)c(CBr)c1F. The van der Waals surface area contributed by atoms with Crippen LogP contribution >= 0.6 is 15.9 Å². The predicted molar refractivity (Wildman–Crippen MR) is 48.4 cm³/mol. The predicted octanol–water partition coefficient (Wildman–Crippen LogP) is 3.62. The minimum Gasteiger partial charge on any atom is -0.206 e. The van der Waals surface area contributed by atoms with E-state index in [2.05, 4.69) is 15.9 Å². The summed E-state index contributed by atoms with van der Waals surface area (Å²) in [4.78, 5) is 0. The summed E-state index contributed by atoms with van der Waals surface area (Å²) in [6.45, 7) is 2.59. The minimum atomic E-state index is -0.808. The van der Waals surface area contributed by atoms with Crippen molar-refractivity contribution in [2.24, 2.45) is 0 Å². The average molecular weight is 253 g/mol. The summed E-state index contributed by atoms with van der Waals surface area (Å²) >= 11 is 2.95. The van der Waals surface area contributed by atoms with Gasteiger partial charge in [-0.15, -0.1) is 0 Å². The highest BCUT2D eigenvalue weighted by Gasteiger charge is 2.18. The van der Waals surface area contributed by atoms with Crippen LogP contribution in [0, 0.1) is 31.3 Å². The average Bonchev–Trinajstić information content (AvgIpc) is 2.13. The van der Waals surface area contributed by atoms with Gasteiger partial charge in [0.1, 0.15) is 17.5 Å². The normalized spacial score (nSPS) is 10.6. The Hall–Kier alpha value is -0.510. The second kappa shape index (κ2) is 3.70. The van der Waals surface area contributed by atoms with E-state index in [-0.39, 0.29) is 22.0 Å². The molecule has 13 heavy (non-hydrogen) atoms. The second-order valence-corrected chi connectivity index (χ2v) is 3.36. The van der Waals surface area contributed by atoms with Gasteiger partial charge in [0, 0.05) is 22.0 Å². The van der Waals surface area contributed by atoms with Gasteiger partial charge in [-0.1, -0.05) is 15.9 Å². The van der Waals surface area contributed by atoms with E-state index in [0.29, 0.717) is 0 Å². The lowest BCUT2D eigenvalue weighted by atomic mass is 10.1. The minimum absolute atomic E-state index is 0.0482. The zero-order valence-electron chi connectivity index (χ0n) is 7.22. The van der Waals surface area contributed by atoms with E-state index in [9.17, 15) is 13.2 Å². The van der Waals surface area contributed by atoms with Gasteiger partial charge in [0.25, 0.3) is 0 Å². The molecule has 1 aromatic carbocycles. The van der Waals surface area contributed by atoms with Crippen molar-refractivity contribution in [2.45, 2.75) is 19.2 Å². The van der Waals surface area contributed by atoms with Crippen LogP contribution in [0.3, 0.4) is 0 Å². The third kappa shape index (κ3) is 1.59. The van der Waals surface area contributed by atoms with Crippen LogP contribution in [0.5, 0.6) is 0 Å². The highest BCUT2D eigenvalue weighted by molar-refractivity contribution is 9.08. The smallest absolute Gasteiger partial charge is 0.136 e. The van der Waals surface area contributed by atoms with Crippen molar-refractivity contribution in [3.05, 3.63) is 34.1 Å². The molecule has 0 saturated heterocycles. The number of hydrogen-bond acceptors (Lipinski definition) is 0. The Bertz CT molecular complexity index is 318. The van der Waals surface area contributed by atoms with Crippen molar-refractivity contribution >= 4 is 15.9 Å². The van der Waals surface area contributed by atoms with Crippen molar-refractivity contribution in [2.75, 3.05) is 0 Å². The van der Waals surface area contributed by atoms with Gasteiger partial charge in [0.2, 0.25) is 0 Å². The van der Waals surface area contributed by atoms with Crippen molar-refractivity contribution in [3.8, 4) is 0 Å². The largest absolute Gasteiger partial charge is 0.206 e. The summed E-state index contributed by atoms with van der Waals surface area (Å²) < 4.78 is 39.5. The summed E-state index contributed by atoms with van der Waals surface area (Å²) in [5.41, 5.74) is -0.377. The van der Waals surface area contributed by atoms with Crippen LogP contribution in [0.1, 0.15) is 16.7 Å². The molecular weight excluding hydrogens is 245 g/mol. The van der Waals surface area contributed by atoms with E-state index < -0.39 is 17.5 Å². The molecule has 0 aliphatic rings. The highest BCUT2D eigenvalue weighted by atomic mass is 79.9. The van der Waals surface area contributed by atoms with Gasteiger partial charge in [-0.25, -0.2) is 13.2 Å². The summed E-state index contributed by atoms with van der Waals surface area (Å²) in [6.07, 6.45) is 0. The van der Waals surface area contributed by atoms with E-state index in [1.807, 2.05) is 0 Å². The molecule has 0 unspecified atom stereocenters. The lowest BCUT2D eigenvalue weighted by Crippen LogP contribution is -2.03. The quantitative estimate of drug-likeness (QED) is 0.670. The van der Waals surface area contributed by atoms with Gasteiger partial charge in [0.15, 0.2) is 0 Å². The number of benzene rings is 1. The number of rotatable bonds is 1. The van der Waals surface area contributed by atoms with Crippen LogP contribution in [0.15, 0.2) is 0 Å². The summed E-state index contributed by atoms with van der Waals surface area (Å²) in [5.74, 6) is -2.42. The lowest BCUT2D eigenvalue weighted by Gasteiger charge is -2.08. The first kappa shape index (κ1) is 10.6. The van der Waals surface area contributed by atoms with E-state index in [1.165, 1.54) is 13.8 Å². The fraction of sp³-hybridized carbons (Fsp3) is 0.333. The molecule has 0 bridgehead atoms. The molecule has 0 aromatic heterocycles. The van der Waals surface area contributed by atoms with Crippen molar-refractivity contribution in [3.63, 3.8) is 0 Å². The maximum absolute atomic E-state index is 13.2. The van der Waals surface area contributed by atoms with Gasteiger partial charge in [-0.05, 0) is 13.8 Å². The van der Waals surface area contributed by atoms with Crippen LogP contribution in [-0.4, -0.2) is 0 Å². The zero-order valence-corrected chi connectivity index (χ0v) is 8.80. The molecule has 0 N–H and O–H groups in total. The third-order valence-corrected chi connectivity index (χ3v) is 2.54. The Morgan fingerprint density at radius 1 is 0.923 bits per heavy atom. The van der Waals surface area contributed by atoms with E-state index in [4.69, 9.17) is 0 Å². The molecule has 72 valence electrons. The number of halogens is 4. The molecule has 0 heterocycles. The molecule has 0 nitrogen and oxygen atoms in total. The zero-order chi connectivity index (χ0) is 10.2. The molecular formula is C9H8BrF3. The van der Waals surface area contributed by atoms with Crippen LogP contribution in [-0.2, 0) is 5.33 Å². The van der Waals surface area contributed by atoms with E-state index >= 15 is 0 Å². The van der Waals surface area contributed by atoms with Gasteiger partial charge in [-0.2, -0.15) is 0 Å². The lowest BCUT2D eigenvalue weighted by molar-refractivity contribution is 0.511. The molecule has 0 amide bonds. The number of hydrogen-bond donors (Lipinski definition) is 0. The van der Waals surface area contributed by atoms with Crippen molar-refractivity contribution < 1.29 is 13.2 Å². The maximum atomic E-state index is 13.2. The monoisotopic (exact) mass is 252 g/mol. The van der Waals surface area contributed by atoms with Gasteiger partial charge in [-0.3, -0.25) is 0 Å². The van der Waals surface area contributed by atoms with Crippen LogP contribution < -0.4 is 0 Å². The Kier molecular flexibility index (Phi) is 3.01. The van der Waals surface area contributed by atoms with E-state index in [0.717, 1.165) is 0 Å². The Morgan fingerprint density at radius 3 is 1.62 bits per heavy atom. The van der Waals surface area contributed by atoms with Crippen LogP contribution in [0.2, 0.25) is 0 Å². The van der Waals surface area contributed by atoms with Gasteiger partial charge in [0.05, 0.1) is 0 Å². The Labute approximate surface area is 82.9 Å². The summed E-state index contributed by atoms with van der Waals surface area (Å²) in [5, 5.41) is 0.0482.